The zero-order valence-corrected chi connectivity index (χ0v) is 13.1. The van der Waals surface area contributed by atoms with E-state index in [-0.39, 0.29) is 11.6 Å². The molecule has 4 rings (SSSR count). The van der Waals surface area contributed by atoms with Gasteiger partial charge in [0.15, 0.2) is 0 Å². The van der Waals surface area contributed by atoms with E-state index in [1.54, 1.807) is 24.3 Å². The summed E-state index contributed by atoms with van der Waals surface area (Å²) >= 11 is 0. The van der Waals surface area contributed by atoms with Crippen LogP contribution in [-0.4, -0.2) is 0 Å². The number of rotatable bonds is 1. The van der Waals surface area contributed by atoms with Crippen molar-refractivity contribution in [2.75, 3.05) is 0 Å². The lowest BCUT2D eigenvalue weighted by Gasteiger charge is -1.94. The molecule has 4 aromatic rings. The van der Waals surface area contributed by atoms with E-state index in [4.69, 9.17) is 4.42 Å². The van der Waals surface area contributed by atoms with Crippen molar-refractivity contribution in [2.24, 2.45) is 0 Å². The molecule has 0 aliphatic carbocycles. The van der Waals surface area contributed by atoms with Gasteiger partial charge in [-0.2, -0.15) is 0 Å². The van der Waals surface area contributed by atoms with Gasteiger partial charge in [0.05, 0.1) is 0 Å². The molecule has 1 heterocycles. The molecule has 120 valence electrons. The Labute approximate surface area is 143 Å². The Morgan fingerprint density at radius 3 is 2.12 bits per heavy atom. The second-order valence-corrected chi connectivity index (χ2v) is 5.59. The summed E-state index contributed by atoms with van der Waals surface area (Å²) in [6, 6.07) is 19.7. The molecular weight excluding hydrogens is 318 g/mol. The molecule has 0 bridgehead atoms. The zero-order chi connectivity index (χ0) is 17.2. The summed E-state index contributed by atoms with van der Waals surface area (Å²) in [5, 5.41) is 0.886. The number of benzene rings is 3. The highest BCUT2D eigenvalue weighted by molar-refractivity contribution is 5.88. The van der Waals surface area contributed by atoms with Gasteiger partial charge in [0.2, 0.25) is 0 Å². The maximum atomic E-state index is 13.1. The fourth-order valence-electron chi connectivity index (χ4n) is 2.60. The normalized spacial score (nSPS) is 10.5. The highest BCUT2D eigenvalue weighted by Crippen LogP contribution is 2.29. The molecule has 0 saturated carbocycles. The number of hydrogen-bond donors (Lipinski definition) is 0. The predicted octanol–water partition coefficient (Wildman–Crippen LogP) is 5.78. The minimum atomic E-state index is -0.286. The first-order valence-electron chi connectivity index (χ1n) is 7.75. The van der Waals surface area contributed by atoms with Gasteiger partial charge in [-0.15, -0.1) is 0 Å². The summed E-state index contributed by atoms with van der Waals surface area (Å²) in [5.74, 6) is 6.22. The smallest absolute Gasteiger partial charge is 0.136 e. The molecule has 0 N–H and O–H groups in total. The van der Waals surface area contributed by atoms with Crippen LogP contribution in [0.25, 0.3) is 22.3 Å². The fraction of sp³-hybridized carbons (Fsp3) is 0. The van der Waals surface area contributed by atoms with Gasteiger partial charge in [0, 0.05) is 22.1 Å². The lowest BCUT2D eigenvalue weighted by molar-refractivity contribution is 0.623. The van der Waals surface area contributed by atoms with Crippen LogP contribution in [0.5, 0.6) is 0 Å². The molecule has 25 heavy (non-hydrogen) atoms. The average molecular weight is 330 g/mol. The molecule has 0 radical (unpaired) electrons. The summed E-state index contributed by atoms with van der Waals surface area (Å²) in [4.78, 5) is 0. The highest BCUT2D eigenvalue weighted by atomic mass is 19.1. The summed E-state index contributed by atoms with van der Waals surface area (Å²) in [7, 11) is 0. The molecule has 0 aliphatic heterocycles. The largest absolute Gasteiger partial charge is 0.456 e. The van der Waals surface area contributed by atoms with Gasteiger partial charge >= 0.3 is 0 Å². The first-order chi connectivity index (χ1) is 12.2. The van der Waals surface area contributed by atoms with Gasteiger partial charge in [-0.25, -0.2) is 8.78 Å². The number of halogens is 2. The Hall–Kier alpha value is -3.38. The molecule has 0 fully saturated rings. The molecule has 1 aromatic heterocycles. The lowest BCUT2D eigenvalue weighted by Crippen LogP contribution is -1.78. The summed E-state index contributed by atoms with van der Waals surface area (Å²) in [6.07, 6.45) is 0. The summed E-state index contributed by atoms with van der Waals surface area (Å²) in [5.41, 5.74) is 3.07. The van der Waals surface area contributed by atoms with Crippen molar-refractivity contribution in [3.8, 4) is 23.2 Å². The zero-order valence-electron chi connectivity index (χ0n) is 13.1. The van der Waals surface area contributed by atoms with Crippen molar-refractivity contribution in [2.45, 2.75) is 0 Å². The Balaban J connectivity index is 1.75. The molecule has 3 aromatic carbocycles. The van der Waals surface area contributed by atoms with Crippen LogP contribution in [0.15, 0.2) is 77.2 Å². The third-order valence-electron chi connectivity index (χ3n) is 3.88. The molecule has 0 atom stereocenters. The SMILES string of the molecule is Fc1ccc(C#Cc2cccc3oc(-c4ccc(F)cc4)cc23)cc1. The molecule has 3 heteroatoms. The quantitative estimate of drug-likeness (QED) is 0.403. The van der Waals surface area contributed by atoms with E-state index < -0.39 is 0 Å². The summed E-state index contributed by atoms with van der Waals surface area (Å²) in [6.45, 7) is 0. The van der Waals surface area contributed by atoms with Crippen LogP contribution in [0.1, 0.15) is 11.1 Å². The average Bonchev–Trinajstić information content (AvgIpc) is 3.06. The van der Waals surface area contributed by atoms with Gasteiger partial charge in [0.1, 0.15) is 23.0 Å². The molecule has 0 unspecified atom stereocenters. The van der Waals surface area contributed by atoms with Crippen LogP contribution in [0.2, 0.25) is 0 Å². The maximum absolute atomic E-state index is 13.1. The minimum absolute atomic E-state index is 0.286. The first kappa shape index (κ1) is 15.2. The monoisotopic (exact) mass is 330 g/mol. The van der Waals surface area contributed by atoms with E-state index in [2.05, 4.69) is 11.8 Å². The van der Waals surface area contributed by atoms with Crippen LogP contribution in [0.4, 0.5) is 8.78 Å². The van der Waals surface area contributed by atoms with Gasteiger partial charge in [-0.1, -0.05) is 17.9 Å². The predicted molar refractivity (Wildman–Crippen MR) is 94.0 cm³/mol. The molecule has 0 amide bonds. The van der Waals surface area contributed by atoms with E-state index in [0.29, 0.717) is 11.3 Å². The van der Waals surface area contributed by atoms with Crippen molar-refractivity contribution in [1.82, 2.24) is 0 Å². The number of fused-ring (bicyclic) bond motifs is 1. The lowest BCUT2D eigenvalue weighted by atomic mass is 10.1. The topological polar surface area (TPSA) is 13.1 Å². The van der Waals surface area contributed by atoms with Crippen LogP contribution < -0.4 is 0 Å². The van der Waals surface area contributed by atoms with Crippen molar-refractivity contribution >= 4 is 11.0 Å². The van der Waals surface area contributed by atoms with Crippen molar-refractivity contribution in [3.05, 3.63) is 95.6 Å². The van der Waals surface area contributed by atoms with Crippen LogP contribution in [-0.2, 0) is 0 Å². The van der Waals surface area contributed by atoms with E-state index in [1.165, 1.54) is 24.3 Å². The standard InChI is InChI=1S/C22H12F2O/c23-18-10-5-15(6-11-18)4-7-16-2-1-3-21-20(16)14-22(25-21)17-8-12-19(24)13-9-17/h1-3,5-6,8-14H. The first-order valence-corrected chi connectivity index (χ1v) is 7.75. The summed E-state index contributed by atoms with van der Waals surface area (Å²) < 4.78 is 31.9. The fourth-order valence-corrected chi connectivity index (χ4v) is 2.60. The third kappa shape index (κ3) is 3.15. The van der Waals surface area contributed by atoms with Crippen LogP contribution in [0.3, 0.4) is 0 Å². The second kappa shape index (κ2) is 6.26. The van der Waals surface area contributed by atoms with E-state index in [9.17, 15) is 8.78 Å². The van der Waals surface area contributed by atoms with E-state index in [1.807, 2.05) is 24.3 Å². The van der Waals surface area contributed by atoms with Crippen molar-refractivity contribution in [1.29, 1.82) is 0 Å². The van der Waals surface area contributed by atoms with E-state index >= 15 is 0 Å². The van der Waals surface area contributed by atoms with Gasteiger partial charge < -0.3 is 4.42 Å². The second-order valence-electron chi connectivity index (χ2n) is 5.59. The van der Waals surface area contributed by atoms with Crippen molar-refractivity contribution < 1.29 is 13.2 Å². The van der Waals surface area contributed by atoms with Gasteiger partial charge in [-0.05, 0) is 66.7 Å². The number of hydrogen-bond acceptors (Lipinski definition) is 1. The van der Waals surface area contributed by atoms with E-state index in [0.717, 1.165) is 22.1 Å². The van der Waals surface area contributed by atoms with Gasteiger partial charge in [0.25, 0.3) is 0 Å². The molecule has 0 aliphatic rings. The molecule has 0 spiro atoms. The minimum Gasteiger partial charge on any atom is -0.456 e. The third-order valence-corrected chi connectivity index (χ3v) is 3.88. The maximum Gasteiger partial charge on any atom is 0.136 e. The van der Waals surface area contributed by atoms with Crippen LogP contribution >= 0.6 is 0 Å². The molecule has 1 nitrogen and oxygen atoms in total. The van der Waals surface area contributed by atoms with Crippen LogP contribution in [0, 0.1) is 23.5 Å². The Morgan fingerprint density at radius 1 is 0.720 bits per heavy atom. The number of furan rings is 1. The Morgan fingerprint density at radius 2 is 1.40 bits per heavy atom. The Kier molecular flexibility index (Phi) is 3.80. The molecular formula is C22H12F2O. The van der Waals surface area contributed by atoms with Crippen molar-refractivity contribution in [3.63, 3.8) is 0 Å². The Bertz CT molecular complexity index is 1090. The highest BCUT2D eigenvalue weighted by Gasteiger charge is 2.08. The van der Waals surface area contributed by atoms with Gasteiger partial charge in [-0.3, -0.25) is 0 Å². The molecule has 0 saturated heterocycles.